The topological polar surface area (TPSA) is 125 Å². The minimum Gasteiger partial charge on any atom is -0.435 e. The molecule has 2 heterocycles. The van der Waals surface area contributed by atoms with Crippen LogP contribution < -0.4 is 15.4 Å². The van der Waals surface area contributed by atoms with Gasteiger partial charge in [0, 0.05) is 32.6 Å². The number of carbonyl (C=O) groups is 2. The number of nitrogens with one attached hydrogen (secondary N) is 2. The van der Waals surface area contributed by atoms with Crippen LogP contribution in [0.2, 0.25) is 0 Å². The third kappa shape index (κ3) is 5.66. The summed E-state index contributed by atoms with van der Waals surface area (Å²) >= 11 is 0. The average Bonchev–Trinajstić information content (AvgIpc) is 3.22. The van der Waals surface area contributed by atoms with Crippen LogP contribution in [0.5, 0.6) is 5.75 Å². The number of nitrogens with zero attached hydrogens (tertiary/aromatic N) is 1. The monoisotopic (exact) mass is 523 g/mol. The van der Waals surface area contributed by atoms with Crippen molar-refractivity contribution in [3.8, 4) is 5.75 Å². The van der Waals surface area contributed by atoms with E-state index in [2.05, 4.69) is 15.4 Å². The maximum atomic E-state index is 13.3. The fraction of sp³-hybridized carbons (Fsp3) is 0.417. The molecule has 0 spiro atoms. The van der Waals surface area contributed by atoms with Gasteiger partial charge in [-0.05, 0) is 41.8 Å². The molecule has 2 aromatic rings. The lowest BCUT2D eigenvalue weighted by molar-refractivity contribution is -0.122. The van der Waals surface area contributed by atoms with Gasteiger partial charge in [-0.1, -0.05) is 18.2 Å². The van der Waals surface area contributed by atoms with Crippen molar-refractivity contribution >= 4 is 27.3 Å². The molecule has 2 amide bonds. The summed E-state index contributed by atoms with van der Waals surface area (Å²) in [6, 6.07) is 10.5. The zero-order valence-electron chi connectivity index (χ0n) is 19.5. The normalized spacial score (nSPS) is 20.9. The first-order valence-corrected chi connectivity index (χ1v) is 13.1. The first kappa shape index (κ1) is 26.0. The van der Waals surface area contributed by atoms with Crippen molar-refractivity contribution in [2.45, 2.75) is 35.9 Å². The molecule has 0 aliphatic carbocycles. The molecular weight excluding hydrogens is 496 g/mol. The predicted octanol–water partition coefficient (Wildman–Crippen LogP) is 1.69. The number of aliphatic hydroxyl groups excluding tert-OH is 1. The van der Waals surface area contributed by atoms with Gasteiger partial charge in [0.2, 0.25) is 11.8 Å². The number of amides is 2. The lowest BCUT2D eigenvalue weighted by Crippen LogP contribution is -2.37. The molecule has 9 nitrogen and oxygen atoms in total. The molecule has 3 N–H and O–H groups in total. The highest BCUT2D eigenvalue weighted by molar-refractivity contribution is 7.92. The SMILES string of the molecule is CNC(=O)C(c1ccc2c(c1)NC(=O)CS2(=O)=O)[C@H](CN1CC[C@H](O)C1)c1cccc(OC(F)F)c1. The Labute approximate surface area is 207 Å². The number of rotatable bonds is 8. The Morgan fingerprint density at radius 2 is 2.03 bits per heavy atom. The number of hydrogen-bond acceptors (Lipinski definition) is 7. The minimum atomic E-state index is -3.81. The fourth-order valence-corrected chi connectivity index (χ4v) is 6.14. The number of hydrogen-bond donors (Lipinski definition) is 3. The molecule has 194 valence electrons. The highest BCUT2D eigenvalue weighted by atomic mass is 32.2. The zero-order valence-corrected chi connectivity index (χ0v) is 20.3. The van der Waals surface area contributed by atoms with E-state index in [1.54, 1.807) is 12.1 Å². The molecular formula is C24H27F2N3O6S. The van der Waals surface area contributed by atoms with Crippen molar-refractivity contribution in [1.29, 1.82) is 0 Å². The molecule has 12 heteroatoms. The Morgan fingerprint density at radius 1 is 1.25 bits per heavy atom. The average molecular weight is 524 g/mol. The number of halogens is 2. The van der Waals surface area contributed by atoms with Crippen molar-refractivity contribution in [1.82, 2.24) is 10.2 Å². The largest absolute Gasteiger partial charge is 0.435 e. The maximum Gasteiger partial charge on any atom is 0.387 e. The second kappa shape index (κ2) is 10.5. The van der Waals surface area contributed by atoms with E-state index >= 15 is 0 Å². The van der Waals surface area contributed by atoms with E-state index in [0.29, 0.717) is 37.2 Å². The number of anilines is 1. The first-order valence-electron chi connectivity index (χ1n) is 11.4. The number of aliphatic hydroxyl groups is 1. The van der Waals surface area contributed by atoms with E-state index in [1.807, 2.05) is 4.90 Å². The molecule has 2 aliphatic rings. The number of likely N-dealkylation sites (N-methyl/N-ethyl adjacent to an activating group) is 1. The third-order valence-electron chi connectivity index (χ3n) is 6.44. The van der Waals surface area contributed by atoms with E-state index in [9.17, 15) is 31.9 Å². The zero-order chi connectivity index (χ0) is 26.0. The van der Waals surface area contributed by atoms with Gasteiger partial charge < -0.3 is 25.4 Å². The molecule has 1 saturated heterocycles. The van der Waals surface area contributed by atoms with Crippen LogP contribution in [0.3, 0.4) is 0 Å². The van der Waals surface area contributed by atoms with Gasteiger partial charge in [0.05, 0.1) is 22.6 Å². The number of sulfone groups is 1. The number of alkyl halides is 2. The van der Waals surface area contributed by atoms with Crippen LogP contribution in [0.1, 0.15) is 29.4 Å². The summed E-state index contributed by atoms with van der Waals surface area (Å²) in [5.41, 5.74) is 1.08. The number of ether oxygens (including phenoxy) is 1. The molecule has 3 atom stereocenters. The summed E-state index contributed by atoms with van der Waals surface area (Å²) < 4.78 is 55.2. The van der Waals surface area contributed by atoms with Gasteiger partial charge >= 0.3 is 6.61 Å². The van der Waals surface area contributed by atoms with Crippen molar-refractivity contribution in [3.63, 3.8) is 0 Å². The van der Waals surface area contributed by atoms with Crippen molar-refractivity contribution in [2.24, 2.45) is 0 Å². The second-order valence-corrected chi connectivity index (χ2v) is 10.9. The predicted molar refractivity (Wildman–Crippen MR) is 127 cm³/mol. The van der Waals surface area contributed by atoms with Crippen LogP contribution in [-0.4, -0.2) is 75.4 Å². The lowest BCUT2D eigenvalue weighted by Gasteiger charge is -2.31. The smallest absolute Gasteiger partial charge is 0.387 e. The summed E-state index contributed by atoms with van der Waals surface area (Å²) in [6.45, 7) is -1.73. The van der Waals surface area contributed by atoms with Crippen molar-refractivity contribution < 1.29 is 36.6 Å². The summed E-state index contributed by atoms with van der Waals surface area (Å²) in [5, 5.41) is 15.2. The van der Waals surface area contributed by atoms with Crippen LogP contribution in [0, 0.1) is 0 Å². The van der Waals surface area contributed by atoms with Crippen LogP contribution in [0.25, 0.3) is 0 Å². The van der Waals surface area contributed by atoms with Crippen LogP contribution in [0.4, 0.5) is 14.5 Å². The van der Waals surface area contributed by atoms with Crippen molar-refractivity contribution in [3.05, 3.63) is 53.6 Å². The minimum absolute atomic E-state index is 0.0342. The molecule has 1 fully saturated rings. The Morgan fingerprint density at radius 3 is 2.69 bits per heavy atom. The van der Waals surface area contributed by atoms with Crippen LogP contribution in [0.15, 0.2) is 47.4 Å². The number of fused-ring (bicyclic) bond motifs is 1. The number of benzene rings is 2. The maximum absolute atomic E-state index is 13.3. The van der Waals surface area contributed by atoms with Gasteiger partial charge in [0.25, 0.3) is 0 Å². The van der Waals surface area contributed by atoms with Crippen LogP contribution in [-0.2, 0) is 19.4 Å². The molecule has 2 aliphatic heterocycles. The highest BCUT2D eigenvalue weighted by Crippen LogP contribution is 2.39. The van der Waals surface area contributed by atoms with Gasteiger partial charge in [0.1, 0.15) is 11.5 Å². The summed E-state index contributed by atoms with van der Waals surface area (Å²) in [6.07, 6.45) is 0.0519. The second-order valence-electron chi connectivity index (χ2n) is 8.91. The Balaban J connectivity index is 1.80. The van der Waals surface area contributed by atoms with E-state index in [0.717, 1.165) is 0 Å². The Hall–Kier alpha value is -3.09. The molecule has 4 rings (SSSR count). The Kier molecular flexibility index (Phi) is 7.57. The van der Waals surface area contributed by atoms with Gasteiger partial charge in [0.15, 0.2) is 9.84 Å². The van der Waals surface area contributed by atoms with Gasteiger partial charge in [-0.15, -0.1) is 0 Å². The fourth-order valence-electron chi connectivity index (χ4n) is 4.85. The summed E-state index contributed by atoms with van der Waals surface area (Å²) in [5.74, 6) is -3.23. The Bertz CT molecular complexity index is 1260. The first-order chi connectivity index (χ1) is 17.1. The quantitative estimate of drug-likeness (QED) is 0.481. The van der Waals surface area contributed by atoms with Gasteiger partial charge in [-0.3, -0.25) is 9.59 Å². The molecule has 1 unspecified atom stereocenters. The lowest BCUT2D eigenvalue weighted by atomic mass is 9.80. The molecule has 0 radical (unpaired) electrons. The third-order valence-corrected chi connectivity index (χ3v) is 8.11. The summed E-state index contributed by atoms with van der Waals surface area (Å²) in [7, 11) is -2.34. The molecule has 2 aromatic carbocycles. The molecule has 0 bridgehead atoms. The standard InChI is InChI=1S/C24H27F2N3O6S/c1-27-23(32)22(15-5-6-20-19(10-15)28-21(31)13-36(20,33)34)18(12-29-8-7-16(30)11-29)14-3-2-4-17(9-14)35-24(25)26/h2-6,9-10,16,18,22,24,30H,7-8,11-13H2,1H3,(H,27,32)(H,28,31)/t16-,18+,22?/m0/s1. The molecule has 0 saturated carbocycles. The highest BCUT2D eigenvalue weighted by Gasteiger charge is 2.36. The summed E-state index contributed by atoms with van der Waals surface area (Å²) in [4.78, 5) is 27.2. The molecule has 0 aromatic heterocycles. The van der Waals surface area contributed by atoms with E-state index in [4.69, 9.17) is 0 Å². The van der Waals surface area contributed by atoms with E-state index in [-0.39, 0.29) is 22.2 Å². The van der Waals surface area contributed by atoms with E-state index < -0.39 is 46.0 Å². The number of likely N-dealkylation sites (tertiary alicyclic amines) is 1. The van der Waals surface area contributed by atoms with Crippen molar-refractivity contribution in [2.75, 3.05) is 37.8 Å². The van der Waals surface area contributed by atoms with Crippen LogP contribution >= 0.6 is 0 Å². The number of carbonyl (C=O) groups excluding carboxylic acids is 2. The number of β-amino-alcohol motifs (C(OH)–C–C–N with tert-alkyl or cyclic N) is 1. The molecule has 36 heavy (non-hydrogen) atoms. The van der Waals surface area contributed by atoms with Gasteiger partial charge in [-0.25, -0.2) is 8.42 Å². The van der Waals surface area contributed by atoms with Gasteiger partial charge in [-0.2, -0.15) is 8.78 Å². The van der Waals surface area contributed by atoms with E-state index in [1.165, 1.54) is 37.4 Å².